The van der Waals surface area contributed by atoms with Crippen molar-refractivity contribution in [2.45, 2.75) is 18.2 Å². The van der Waals surface area contributed by atoms with Crippen molar-refractivity contribution < 1.29 is 0 Å². The fourth-order valence-electron chi connectivity index (χ4n) is 1.07. The van der Waals surface area contributed by atoms with Crippen molar-refractivity contribution in [2.75, 3.05) is 6.26 Å². The monoisotopic (exact) mass is 265 g/mol. The van der Waals surface area contributed by atoms with Crippen molar-refractivity contribution in [1.29, 1.82) is 0 Å². The third-order valence-corrected chi connectivity index (χ3v) is 4.72. The van der Waals surface area contributed by atoms with Gasteiger partial charge in [0.2, 0.25) is 0 Å². The zero-order chi connectivity index (χ0) is 9.14. The molecule has 0 aliphatic carbocycles. The van der Waals surface area contributed by atoms with Gasteiger partial charge < -0.3 is 5.73 Å². The number of rotatable bonds is 3. The molecule has 0 amide bonds. The molecular formula is C8H12BrNS2. The molecule has 4 heteroatoms. The third kappa shape index (κ3) is 2.49. The first-order valence-corrected chi connectivity index (χ1v) is 6.63. The summed E-state index contributed by atoms with van der Waals surface area (Å²) in [6, 6.07) is 2.36. The maximum atomic E-state index is 5.86. The molecule has 1 aromatic rings. The lowest BCUT2D eigenvalue weighted by atomic mass is 10.2. The summed E-state index contributed by atoms with van der Waals surface area (Å²) in [6.45, 7) is 2.05. The zero-order valence-corrected chi connectivity index (χ0v) is 10.3. The van der Waals surface area contributed by atoms with E-state index in [2.05, 4.69) is 40.6 Å². The minimum atomic E-state index is 0.213. The summed E-state index contributed by atoms with van der Waals surface area (Å²) in [5, 5.41) is 2.53. The van der Waals surface area contributed by atoms with Crippen LogP contribution in [-0.4, -0.2) is 12.3 Å². The molecule has 1 aromatic heterocycles. The van der Waals surface area contributed by atoms with E-state index in [4.69, 9.17) is 5.73 Å². The fourth-order valence-corrected chi connectivity index (χ4v) is 3.79. The molecule has 0 saturated carbocycles. The van der Waals surface area contributed by atoms with E-state index in [9.17, 15) is 0 Å². The van der Waals surface area contributed by atoms with Gasteiger partial charge >= 0.3 is 0 Å². The normalized spacial score (nSPS) is 16.0. The van der Waals surface area contributed by atoms with Crippen molar-refractivity contribution in [3.8, 4) is 0 Å². The highest BCUT2D eigenvalue weighted by Gasteiger charge is 2.16. The molecule has 68 valence electrons. The van der Waals surface area contributed by atoms with Crippen LogP contribution < -0.4 is 5.73 Å². The molecule has 1 nitrogen and oxygen atoms in total. The number of hydrogen-bond donors (Lipinski definition) is 1. The van der Waals surface area contributed by atoms with Crippen LogP contribution in [-0.2, 0) is 0 Å². The fraction of sp³-hybridized carbons (Fsp3) is 0.500. The quantitative estimate of drug-likeness (QED) is 0.908. The molecule has 1 rings (SSSR count). The Kier molecular flexibility index (Phi) is 4.10. The Labute approximate surface area is 89.9 Å². The maximum absolute atomic E-state index is 5.86. The highest BCUT2D eigenvalue weighted by molar-refractivity contribution is 9.10. The zero-order valence-electron chi connectivity index (χ0n) is 7.08. The number of hydrogen-bond acceptors (Lipinski definition) is 3. The van der Waals surface area contributed by atoms with E-state index in [-0.39, 0.29) is 6.04 Å². The van der Waals surface area contributed by atoms with Gasteiger partial charge in [-0.3, -0.25) is 0 Å². The SMILES string of the molecule is CSC(c1cc(Br)cs1)C(C)N. The van der Waals surface area contributed by atoms with Gasteiger partial charge in [-0.25, -0.2) is 0 Å². The van der Waals surface area contributed by atoms with E-state index in [1.807, 2.05) is 11.8 Å². The van der Waals surface area contributed by atoms with Crippen molar-refractivity contribution in [1.82, 2.24) is 0 Å². The minimum Gasteiger partial charge on any atom is -0.327 e. The Bertz CT molecular complexity index is 247. The summed E-state index contributed by atoms with van der Waals surface area (Å²) in [5.74, 6) is 0. The molecule has 2 N–H and O–H groups in total. The second-order valence-electron chi connectivity index (χ2n) is 2.68. The summed E-state index contributed by atoms with van der Waals surface area (Å²) in [4.78, 5) is 1.35. The molecule has 0 aliphatic rings. The summed E-state index contributed by atoms with van der Waals surface area (Å²) in [7, 11) is 0. The van der Waals surface area contributed by atoms with Crippen LogP contribution in [0.3, 0.4) is 0 Å². The van der Waals surface area contributed by atoms with E-state index in [0.29, 0.717) is 5.25 Å². The van der Waals surface area contributed by atoms with E-state index in [1.54, 1.807) is 11.3 Å². The largest absolute Gasteiger partial charge is 0.327 e. The van der Waals surface area contributed by atoms with Crippen LogP contribution in [0.2, 0.25) is 0 Å². The lowest BCUT2D eigenvalue weighted by Gasteiger charge is -2.16. The number of thiophene rings is 1. The molecule has 0 bridgehead atoms. The summed E-state index contributed by atoms with van der Waals surface area (Å²) < 4.78 is 1.15. The third-order valence-electron chi connectivity index (χ3n) is 1.60. The van der Waals surface area contributed by atoms with Gasteiger partial charge in [-0.15, -0.1) is 11.3 Å². The van der Waals surface area contributed by atoms with Gasteiger partial charge in [0.25, 0.3) is 0 Å². The molecular weight excluding hydrogens is 254 g/mol. The van der Waals surface area contributed by atoms with Gasteiger partial charge in [-0.2, -0.15) is 11.8 Å². The van der Waals surface area contributed by atoms with Crippen LogP contribution in [0.15, 0.2) is 15.9 Å². The molecule has 1 heterocycles. The Morgan fingerprint density at radius 2 is 2.33 bits per heavy atom. The molecule has 12 heavy (non-hydrogen) atoms. The van der Waals surface area contributed by atoms with Gasteiger partial charge in [0.1, 0.15) is 0 Å². The molecule has 0 aliphatic heterocycles. The topological polar surface area (TPSA) is 26.0 Å². The highest BCUT2D eigenvalue weighted by Crippen LogP contribution is 2.34. The van der Waals surface area contributed by atoms with Gasteiger partial charge in [0.15, 0.2) is 0 Å². The highest BCUT2D eigenvalue weighted by atomic mass is 79.9. The van der Waals surface area contributed by atoms with E-state index < -0.39 is 0 Å². The Balaban J connectivity index is 2.80. The second-order valence-corrected chi connectivity index (χ2v) is 5.52. The first kappa shape index (κ1) is 10.6. The molecule has 0 spiro atoms. The first-order chi connectivity index (χ1) is 5.65. The molecule has 0 aromatic carbocycles. The standard InChI is InChI=1S/C8H12BrNS2/c1-5(10)8(11-2)7-3-6(9)4-12-7/h3-5,8H,10H2,1-2H3. The Morgan fingerprint density at radius 3 is 2.67 bits per heavy atom. The predicted molar refractivity (Wildman–Crippen MR) is 61.9 cm³/mol. The van der Waals surface area contributed by atoms with Gasteiger partial charge in [-0.05, 0) is 35.2 Å². The number of thioether (sulfide) groups is 1. The molecule has 0 radical (unpaired) electrons. The number of halogens is 1. The lowest BCUT2D eigenvalue weighted by molar-refractivity contribution is 0.731. The van der Waals surface area contributed by atoms with Gasteiger partial charge in [0, 0.05) is 20.8 Å². The van der Waals surface area contributed by atoms with E-state index in [0.717, 1.165) is 4.47 Å². The van der Waals surface area contributed by atoms with Crippen LogP contribution in [0.5, 0.6) is 0 Å². The van der Waals surface area contributed by atoms with Gasteiger partial charge in [0.05, 0.1) is 5.25 Å². The summed E-state index contributed by atoms with van der Waals surface area (Å²) in [5.41, 5.74) is 5.86. The van der Waals surface area contributed by atoms with Crippen molar-refractivity contribution in [3.05, 3.63) is 20.8 Å². The van der Waals surface area contributed by atoms with Crippen molar-refractivity contribution >= 4 is 39.0 Å². The first-order valence-electron chi connectivity index (χ1n) is 3.67. The summed E-state index contributed by atoms with van der Waals surface area (Å²) in [6.07, 6.45) is 2.10. The molecule has 0 fully saturated rings. The molecule has 0 saturated heterocycles. The lowest BCUT2D eigenvalue weighted by Crippen LogP contribution is -2.21. The Morgan fingerprint density at radius 1 is 1.67 bits per heavy atom. The smallest absolute Gasteiger partial charge is 0.0537 e. The van der Waals surface area contributed by atoms with Gasteiger partial charge in [-0.1, -0.05) is 0 Å². The number of nitrogens with two attached hydrogens (primary N) is 1. The van der Waals surface area contributed by atoms with Crippen LogP contribution in [0, 0.1) is 0 Å². The minimum absolute atomic E-state index is 0.213. The average Bonchev–Trinajstić information content (AvgIpc) is 2.37. The van der Waals surface area contributed by atoms with E-state index in [1.165, 1.54) is 4.88 Å². The average molecular weight is 266 g/mol. The summed E-state index contributed by atoms with van der Waals surface area (Å²) >= 11 is 7.01. The Hall–Kier alpha value is 0.490. The maximum Gasteiger partial charge on any atom is 0.0537 e. The second kappa shape index (κ2) is 4.65. The van der Waals surface area contributed by atoms with Crippen LogP contribution in [0.1, 0.15) is 17.1 Å². The molecule has 2 atom stereocenters. The van der Waals surface area contributed by atoms with E-state index >= 15 is 0 Å². The van der Waals surface area contributed by atoms with Crippen LogP contribution >= 0.6 is 39.0 Å². The van der Waals surface area contributed by atoms with Crippen LogP contribution in [0.25, 0.3) is 0 Å². The van der Waals surface area contributed by atoms with Crippen molar-refractivity contribution in [3.63, 3.8) is 0 Å². The predicted octanol–water partition coefficient (Wildman–Crippen LogP) is 3.26. The van der Waals surface area contributed by atoms with Crippen molar-refractivity contribution in [2.24, 2.45) is 5.73 Å². The van der Waals surface area contributed by atoms with Crippen LogP contribution in [0.4, 0.5) is 0 Å². The molecule has 2 unspecified atom stereocenters.